The second-order valence-corrected chi connectivity index (χ2v) is 8.35. The third-order valence-electron chi connectivity index (χ3n) is 6.15. The van der Waals surface area contributed by atoms with E-state index in [0.29, 0.717) is 30.8 Å². The number of rotatable bonds is 6. The molecule has 0 saturated carbocycles. The molecular weight excluding hydrogens is 444 g/mol. The van der Waals surface area contributed by atoms with E-state index < -0.39 is 29.6 Å². The zero-order chi connectivity index (χ0) is 24.2. The van der Waals surface area contributed by atoms with Crippen molar-refractivity contribution in [2.24, 2.45) is 5.92 Å². The van der Waals surface area contributed by atoms with Crippen LogP contribution in [0.2, 0.25) is 0 Å². The Morgan fingerprint density at radius 3 is 1.88 bits per heavy atom. The summed E-state index contributed by atoms with van der Waals surface area (Å²) in [6, 6.07) is 12.2. The van der Waals surface area contributed by atoms with E-state index >= 15 is 0 Å². The summed E-state index contributed by atoms with van der Waals surface area (Å²) < 4.78 is 70.0. The van der Waals surface area contributed by atoms with Crippen LogP contribution in [-0.4, -0.2) is 13.2 Å². The lowest BCUT2D eigenvalue weighted by molar-refractivity contribution is -0.206. The van der Waals surface area contributed by atoms with Gasteiger partial charge in [0.1, 0.15) is 0 Å². The van der Waals surface area contributed by atoms with Gasteiger partial charge in [-0.25, -0.2) is 17.6 Å². The van der Waals surface area contributed by atoms with Gasteiger partial charge in [-0.05, 0) is 36.5 Å². The molecule has 0 unspecified atom stereocenters. The lowest BCUT2D eigenvalue weighted by Gasteiger charge is -2.29. The number of allylic oxidation sites excluding steroid dienone is 2. The first-order chi connectivity index (χ1) is 16.4. The maximum Gasteiger partial charge on any atom is 0.186 e. The van der Waals surface area contributed by atoms with E-state index in [1.54, 1.807) is 42.5 Å². The van der Waals surface area contributed by atoms with Crippen molar-refractivity contribution < 1.29 is 27.0 Å². The lowest BCUT2D eigenvalue weighted by Crippen LogP contribution is -2.27. The number of hydrogen-bond donors (Lipinski definition) is 0. The highest BCUT2D eigenvalue weighted by molar-refractivity contribution is 5.71. The van der Waals surface area contributed by atoms with Gasteiger partial charge in [0.05, 0.1) is 13.2 Å². The zero-order valence-corrected chi connectivity index (χ0v) is 19.1. The first kappa shape index (κ1) is 24.2. The van der Waals surface area contributed by atoms with Gasteiger partial charge in [0, 0.05) is 22.6 Å². The van der Waals surface area contributed by atoms with Crippen molar-refractivity contribution in [3.8, 4) is 22.3 Å². The lowest BCUT2D eigenvalue weighted by atomic mass is 9.97. The minimum atomic E-state index is -1.02. The van der Waals surface area contributed by atoms with Crippen molar-refractivity contribution in [2.75, 3.05) is 13.2 Å². The third-order valence-corrected chi connectivity index (χ3v) is 6.15. The van der Waals surface area contributed by atoms with Gasteiger partial charge < -0.3 is 9.47 Å². The molecule has 0 spiro atoms. The summed E-state index contributed by atoms with van der Waals surface area (Å²) in [4.78, 5) is 0. The van der Waals surface area contributed by atoms with E-state index in [0.717, 1.165) is 6.42 Å². The van der Waals surface area contributed by atoms with E-state index in [1.807, 2.05) is 13.8 Å². The summed E-state index contributed by atoms with van der Waals surface area (Å²) in [7, 11) is 0. The fraction of sp³-hybridized carbons (Fsp3) is 0.286. The Kier molecular flexibility index (Phi) is 7.49. The van der Waals surface area contributed by atoms with Crippen LogP contribution in [0.3, 0.4) is 0 Å². The van der Waals surface area contributed by atoms with Crippen molar-refractivity contribution in [1.29, 1.82) is 0 Å². The molecule has 0 aliphatic carbocycles. The average molecular weight is 471 g/mol. The minimum Gasteiger partial charge on any atom is -0.348 e. The van der Waals surface area contributed by atoms with E-state index in [1.165, 1.54) is 18.2 Å². The number of benzene rings is 3. The standard InChI is InChI=1S/C28H26F4O2/c1-3-5-6-20-11-12-21(25(30)24(20)29)18-7-9-19(10-8-18)22-13-14-23(27(32)26(22)31)28-33-15-17(4-2)16-34-28/h3,5,7-14,17,28H,4,6,15-16H2,1-2H3. The molecule has 0 amide bonds. The highest BCUT2D eigenvalue weighted by Crippen LogP contribution is 2.34. The molecule has 0 aromatic heterocycles. The smallest absolute Gasteiger partial charge is 0.186 e. The van der Waals surface area contributed by atoms with Crippen molar-refractivity contribution in [1.82, 2.24) is 0 Å². The summed E-state index contributed by atoms with van der Waals surface area (Å²) in [5.74, 6) is -3.62. The van der Waals surface area contributed by atoms with Crippen LogP contribution in [0.4, 0.5) is 17.6 Å². The molecule has 0 bridgehead atoms. The van der Waals surface area contributed by atoms with Crippen LogP contribution in [0.15, 0.2) is 60.7 Å². The van der Waals surface area contributed by atoms with Crippen molar-refractivity contribution in [3.05, 3.63) is 95.1 Å². The van der Waals surface area contributed by atoms with Crippen LogP contribution in [-0.2, 0) is 15.9 Å². The molecule has 1 fully saturated rings. The topological polar surface area (TPSA) is 18.5 Å². The Morgan fingerprint density at radius 1 is 0.765 bits per heavy atom. The molecule has 4 rings (SSSR count). The molecule has 1 heterocycles. The number of halogens is 4. The van der Waals surface area contributed by atoms with Gasteiger partial charge >= 0.3 is 0 Å². The Hall–Kier alpha value is -2.96. The van der Waals surface area contributed by atoms with Crippen molar-refractivity contribution >= 4 is 0 Å². The van der Waals surface area contributed by atoms with Gasteiger partial charge in [-0.2, -0.15) is 0 Å². The molecule has 34 heavy (non-hydrogen) atoms. The fourth-order valence-electron chi connectivity index (χ4n) is 3.97. The molecule has 0 N–H and O–H groups in total. The molecule has 2 nitrogen and oxygen atoms in total. The molecule has 0 radical (unpaired) electrons. The summed E-state index contributed by atoms with van der Waals surface area (Å²) in [5.41, 5.74) is 1.29. The second-order valence-electron chi connectivity index (χ2n) is 8.35. The molecule has 178 valence electrons. The third kappa shape index (κ3) is 4.79. The highest BCUT2D eigenvalue weighted by Gasteiger charge is 2.27. The van der Waals surface area contributed by atoms with E-state index in [-0.39, 0.29) is 28.2 Å². The Labute approximate surface area is 196 Å². The van der Waals surface area contributed by atoms with Crippen molar-refractivity contribution in [2.45, 2.75) is 33.0 Å². The van der Waals surface area contributed by atoms with Crippen molar-refractivity contribution in [3.63, 3.8) is 0 Å². The summed E-state index contributed by atoms with van der Waals surface area (Å²) in [6.45, 7) is 4.69. The van der Waals surface area contributed by atoms with Crippen LogP contribution in [0.1, 0.15) is 37.7 Å². The first-order valence-corrected chi connectivity index (χ1v) is 11.3. The van der Waals surface area contributed by atoms with Crippen LogP contribution in [0, 0.1) is 29.2 Å². The predicted octanol–water partition coefficient (Wildman–Crippen LogP) is 7.77. The SMILES string of the molecule is CC=CCc1ccc(-c2ccc(-c3ccc(C4OCC(CC)CO4)c(F)c3F)cc2)c(F)c1F. The first-order valence-electron chi connectivity index (χ1n) is 11.3. The van der Waals surface area contributed by atoms with Gasteiger partial charge in [0.15, 0.2) is 29.6 Å². The Morgan fingerprint density at radius 2 is 1.32 bits per heavy atom. The minimum absolute atomic E-state index is 0.0166. The highest BCUT2D eigenvalue weighted by atomic mass is 19.2. The van der Waals surface area contributed by atoms with E-state index in [4.69, 9.17) is 9.47 Å². The fourth-order valence-corrected chi connectivity index (χ4v) is 3.97. The van der Waals surface area contributed by atoms with Gasteiger partial charge in [-0.15, -0.1) is 0 Å². The van der Waals surface area contributed by atoms with Crippen LogP contribution >= 0.6 is 0 Å². The second kappa shape index (κ2) is 10.5. The molecule has 3 aromatic carbocycles. The largest absolute Gasteiger partial charge is 0.348 e. The maximum atomic E-state index is 14.9. The van der Waals surface area contributed by atoms with E-state index in [2.05, 4.69) is 0 Å². The molecule has 1 aliphatic rings. The zero-order valence-electron chi connectivity index (χ0n) is 19.1. The van der Waals surface area contributed by atoms with Gasteiger partial charge in [0.2, 0.25) is 0 Å². The van der Waals surface area contributed by atoms with E-state index in [9.17, 15) is 17.6 Å². The molecule has 0 atom stereocenters. The van der Waals surface area contributed by atoms with Crippen LogP contribution < -0.4 is 0 Å². The Balaban J connectivity index is 1.58. The van der Waals surface area contributed by atoms with Crippen LogP contribution in [0.25, 0.3) is 22.3 Å². The Bertz CT molecular complexity index is 1180. The molecular formula is C28H26F4O2. The maximum absolute atomic E-state index is 14.9. The summed E-state index contributed by atoms with van der Waals surface area (Å²) >= 11 is 0. The molecule has 6 heteroatoms. The van der Waals surface area contributed by atoms with Gasteiger partial charge in [-0.1, -0.05) is 67.6 Å². The number of ether oxygens (including phenoxy) is 2. The molecule has 3 aromatic rings. The normalized spacial score (nSPS) is 18.5. The van der Waals surface area contributed by atoms with Crippen LogP contribution in [0.5, 0.6) is 0 Å². The average Bonchev–Trinajstić information content (AvgIpc) is 2.87. The quantitative estimate of drug-likeness (QED) is 0.271. The summed E-state index contributed by atoms with van der Waals surface area (Å²) in [5, 5.41) is 0. The number of hydrogen-bond acceptors (Lipinski definition) is 2. The van der Waals surface area contributed by atoms with Gasteiger partial charge in [0.25, 0.3) is 0 Å². The summed E-state index contributed by atoms with van der Waals surface area (Å²) in [6.07, 6.45) is 3.77. The van der Waals surface area contributed by atoms with Gasteiger partial charge in [-0.3, -0.25) is 0 Å². The predicted molar refractivity (Wildman–Crippen MR) is 124 cm³/mol. The molecule has 1 saturated heterocycles. The molecule has 1 aliphatic heterocycles. The monoisotopic (exact) mass is 470 g/mol.